The summed E-state index contributed by atoms with van der Waals surface area (Å²) in [6.07, 6.45) is 0.795. The second kappa shape index (κ2) is 9.74. The molecular formula is C23H29ClN2O2. The SMILES string of the molecule is CCC(=O)N(Cc1ccc(Cl)cc1)[C@@H](Cc1ccccc1)C(=O)NC(C)(C)C. The normalized spacial score (nSPS) is 12.3. The summed E-state index contributed by atoms with van der Waals surface area (Å²) in [6, 6.07) is 16.6. The summed E-state index contributed by atoms with van der Waals surface area (Å²) in [5, 5.41) is 3.68. The number of nitrogens with zero attached hydrogens (tertiary/aromatic N) is 1. The average Bonchev–Trinajstić information content (AvgIpc) is 2.65. The number of carbonyl (C=O) groups excluding carboxylic acids is 2. The topological polar surface area (TPSA) is 49.4 Å². The van der Waals surface area contributed by atoms with Crippen LogP contribution in [0.15, 0.2) is 54.6 Å². The third-order valence-electron chi connectivity index (χ3n) is 4.34. The van der Waals surface area contributed by atoms with E-state index in [1.165, 1.54) is 0 Å². The van der Waals surface area contributed by atoms with E-state index in [4.69, 9.17) is 11.6 Å². The highest BCUT2D eigenvalue weighted by Crippen LogP contribution is 2.18. The largest absolute Gasteiger partial charge is 0.350 e. The van der Waals surface area contributed by atoms with E-state index in [1.807, 2.05) is 70.2 Å². The molecule has 0 bridgehead atoms. The molecule has 28 heavy (non-hydrogen) atoms. The minimum Gasteiger partial charge on any atom is -0.350 e. The van der Waals surface area contributed by atoms with Gasteiger partial charge >= 0.3 is 0 Å². The van der Waals surface area contributed by atoms with E-state index in [0.29, 0.717) is 24.4 Å². The maximum atomic E-state index is 13.1. The van der Waals surface area contributed by atoms with Crippen LogP contribution in [0.1, 0.15) is 45.2 Å². The van der Waals surface area contributed by atoms with Crippen molar-refractivity contribution in [3.05, 3.63) is 70.7 Å². The van der Waals surface area contributed by atoms with E-state index in [-0.39, 0.29) is 17.4 Å². The van der Waals surface area contributed by atoms with Crippen molar-refractivity contribution in [3.8, 4) is 0 Å². The molecule has 0 saturated carbocycles. The third kappa shape index (κ3) is 6.68. The van der Waals surface area contributed by atoms with Crippen molar-refractivity contribution < 1.29 is 9.59 Å². The van der Waals surface area contributed by atoms with Crippen molar-refractivity contribution in [2.24, 2.45) is 0 Å². The molecule has 1 N–H and O–H groups in total. The lowest BCUT2D eigenvalue weighted by molar-refractivity contribution is -0.141. The van der Waals surface area contributed by atoms with Gasteiger partial charge in [0.1, 0.15) is 6.04 Å². The van der Waals surface area contributed by atoms with Crippen molar-refractivity contribution in [2.75, 3.05) is 0 Å². The van der Waals surface area contributed by atoms with Gasteiger partial charge in [0, 0.05) is 29.9 Å². The van der Waals surface area contributed by atoms with Crippen LogP contribution in [0, 0.1) is 0 Å². The Morgan fingerprint density at radius 3 is 2.14 bits per heavy atom. The fourth-order valence-corrected chi connectivity index (χ4v) is 3.12. The number of hydrogen-bond acceptors (Lipinski definition) is 2. The van der Waals surface area contributed by atoms with Gasteiger partial charge in [-0.05, 0) is 44.0 Å². The molecule has 2 aromatic rings. The smallest absolute Gasteiger partial charge is 0.243 e. The summed E-state index contributed by atoms with van der Waals surface area (Å²) in [5.41, 5.74) is 1.57. The van der Waals surface area contributed by atoms with E-state index in [9.17, 15) is 9.59 Å². The first-order valence-corrected chi connectivity index (χ1v) is 9.97. The Bertz CT molecular complexity index is 782. The molecule has 0 aliphatic heterocycles. The number of rotatable bonds is 7. The van der Waals surface area contributed by atoms with Crippen LogP contribution in [0.5, 0.6) is 0 Å². The van der Waals surface area contributed by atoms with Crippen molar-refractivity contribution in [1.82, 2.24) is 10.2 Å². The van der Waals surface area contributed by atoms with Crippen LogP contribution in [0.4, 0.5) is 0 Å². The van der Waals surface area contributed by atoms with E-state index in [0.717, 1.165) is 11.1 Å². The molecule has 0 spiro atoms. The highest BCUT2D eigenvalue weighted by Gasteiger charge is 2.31. The first-order chi connectivity index (χ1) is 13.2. The standard InChI is InChI=1S/C23H29ClN2O2/c1-5-21(27)26(16-18-11-13-19(24)14-12-18)20(22(28)25-23(2,3)4)15-17-9-7-6-8-10-17/h6-14,20H,5,15-16H2,1-4H3,(H,25,28)/t20-/m0/s1. The van der Waals surface area contributed by atoms with E-state index < -0.39 is 6.04 Å². The molecule has 150 valence electrons. The number of amides is 2. The number of halogens is 1. The first kappa shape index (κ1) is 22.0. The van der Waals surface area contributed by atoms with E-state index in [2.05, 4.69) is 5.32 Å². The molecule has 0 heterocycles. The van der Waals surface area contributed by atoms with Gasteiger partial charge in [-0.2, -0.15) is 0 Å². The Balaban J connectivity index is 2.36. The highest BCUT2D eigenvalue weighted by molar-refractivity contribution is 6.30. The molecule has 0 aliphatic rings. The molecule has 0 aromatic heterocycles. The van der Waals surface area contributed by atoms with Crippen LogP contribution < -0.4 is 5.32 Å². The fourth-order valence-electron chi connectivity index (χ4n) is 3.00. The minimum atomic E-state index is -0.593. The lowest BCUT2D eigenvalue weighted by Gasteiger charge is -2.33. The molecular weight excluding hydrogens is 372 g/mol. The Morgan fingerprint density at radius 1 is 1.00 bits per heavy atom. The molecule has 1 atom stereocenters. The van der Waals surface area contributed by atoms with Crippen LogP contribution in [0.25, 0.3) is 0 Å². The van der Waals surface area contributed by atoms with Crippen LogP contribution in [-0.2, 0) is 22.6 Å². The minimum absolute atomic E-state index is 0.0556. The number of benzene rings is 2. The Morgan fingerprint density at radius 2 is 1.61 bits per heavy atom. The van der Waals surface area contributed by atoms with Crippen LogP contribution >= 0.6 is 11.6 Å². The van der Waals surface area contributed by atoms with Gasteiger partial charge in [-0.15, -0.1) is 0 Å². The van der Waals surface area contributed by atoms with Gasteiger partial charge in [-0.3, -0.25) is 9.59 Å². The van der Waals surface area contributed by atoms with Crippen molar-refractivity contribution in [2.45, 2.75) is 58.7 Å². The number of hydrogen-bond donors (Lipinski definition) is 1. The second-order valence-electron chi connectivity index (χ2n) is 7.95. The summed E-state index contributed by atoms with van der Waals surface area (Å²) in [6.45, 7) is 8.00. The van der Waals surface area contributed by atoms with Crippen molar-refractivity contribution in [1.29, 1.82) is 0 Å². The summed E-state index contributed by atoms with van der Waals surface area (Å²) in [7, 11) is 0. The second-order valence-corrected chi connectivity index (χ2v) is 8.38. The van der Waals surface area contributed by atoms with Crippen molar-refractivity contribution in [3.63, 3.8) is 0 Å². The fraction of sp³-hybridized carbons (Fsp3) is 0.391. The third-order valence-corrected chi connectivity index (χ3v) is 4.59. The lowest BCUT2D eigenvalue weighted by atomic mass is 10.0. The van der Waals surface area contributed by atoms with Gasteiger partial charge in [-0.25, -0.2) is 0 Å². The van der Waals surface area contributed by atoms with Gasteiger partial charge in [0.05, 0.1) is 0 Å². The monoisotopic (exact) mass is 400 g/mol. The maximum Gasteiger partial charge on any atom is 0.243 e. The molecule has 2 aromatic carbocycles. The van der Waals surface area contributed by atoms with Crippen LogP contribution in [0.2, 0.25) is 5.02 Å². The molecule has 0 radical (unpaired) electrons. The van der Waals surface area contributed by atoms with Crippen LogP contribution in [-0.4, -0.2) is 28.3 Å². The number of carbonyl (C=O) groups is 2. The Labute approximate surface area is 172 Å². The number of nitrogens with one attached hydrogen (secondary N) is 1. The molecule has 4 nitrogen and oxygen atoms in total. The van der Waals surface area contributed by atoms with Crippen LogP contribution in [0.3, 0.4) is 0 Å². The van der Waals surface area contributed by atoms with Gasteiger partial charge in [-0.1, -0.05) is 61.0 Å². The average molecular weight is 401 g/mol. The molecule has 0 saturated heterocycles. The van der Waals surface area contributed by atoms with Crippen molar-refractivity contribution >= 4 is 23.4 Å². The summed E-state index contributed by atoms with van der Waals surface area (Å²) in [5.74, 6) is -0.202. The predicted molar refractivity (Wildman–Crippen MR) is 114 cm³/mol. The summed E-state index contributed by atoms with van der Waals surface area (Å²) >= 11 is 5.99. The highest BCUT2D eigenvalue weighted by atomic mass is 35.5. The zero-order valence-electron chi connectivity index (χ0n) is 17.0. The Hall–Kier alpha value is -2.33. The van der Waals surface area contributed by atoms with E-state index in [1.54, 1.807) is 17.0 Å². The lowest BCUT2D eigenvalue weighted by Crippen LogP contribution is -2.54. The zero-order valence-corrected chi connectivity index (χ0v) is 17.8. The molecule has 0 unspecified atom stereocenters. The predicted octanol–water partition coefficient (Wildman–Crippen LogP) is 4.60. The maximum absolute atomic E-state index is 13.1. The van der Waals surface area contributed by atoms with E-state index >= 15 is 0 Å². The van der Waals surface area contributed by atoms with Gasteiger partial charge in [0.15, 0.2) is 0 Å². The molecule has 2 amide bonds. The van der Waals surface area contributed by atoms with Gasteiger partial charge < -0.3 is 10.2 Å². The molecule has 5 heteroatoms. The Kier molecular flexibility index (Phi) is 7.64. The van der Waals surface area contributed by atoms with Gasteiger partial charge in [0.2, 0.25) is 11.8 Å². The van der Waals surface area contributed by atoms with Gasteiger partial charge in [0.25, 0.3) is 0 Å². The molecule has 0 aliphatic carbocycles. The zero-order chi connectivity index (χ0) is 20.7. The quantitative estimate of drug-likeness (QED) is 0.738. The summed E-state index contributed by atoms with van der Waals surface area (Å²) in [4.78, 5) is 27.6. The molecule has 0 fully saturated rings. The first-order valence-electron chi connectivity index (χ1n) is 9.59. The molecule has 2 rings (SSSR count). The summed E-state index contributed by atoms with van der Waals surface area (Å²) < 4.78 is 0.